The van der Waals surface area contributed by atoms with E-state index in [9.17, 15) is 9.59 Å². The molecule has 2 aliphatic heterocycles. The van der Waals surface area contributed by atoms with Gasteiger partial charge in [-0.15, -0.1) is 11.6 Å². The minimum absolute atomic E-state index is 0.151. The van der Waals surface area contributed by atoms with Gasteiger partial charge in [-0.25, -0.2) is 15.0 Å². The van der Waals surface area contributed by atoms with Crippen LogP contribution in [0.15, 0.2) is 59.5 Å². The number of aryl methyl sites for hydroxylation is 1. The lowest BCUT2D eigenvalue weighted by Gasteiger charge is -2.38. The number of nitrogens with zero attached hydrogens (tertiary/aromatic N) is 5. The summed E-state index contributed by atoms with van der Waals surface area (Å²) in [5.41, 5.74) is 2.69. The van der Waals surface area contributed by atoms with Crippen LogP contribution >= 0.6 is 11.6 Å². The second kappa shape index (κ2) is 8.57. The number of hydrogen-bond donors (Lipinski definition) is 2. The van der Waals surface area contributed by atoms with Crippen molar-refractivity contribution in [3.63, 3.8) is 0 Å². The van der Waals surface area contributed by atoms with Gasteiger partial charge in [0, 0.05) is 7.05 Å². The second-order valence-corrected chi connectivity index (χ2v) is 9.04. The van der Waals surface area contributed by atoms with Crippen LogP contribution in [0.3, 0.4) is 0 Å². The van der Waals surface area contributed by atoms with Gasteiger partial charge >= 0.3 is 0 Å². The number of halogens is 1. The van der Waals surface area contributed by atoms with E-state index in [2.05, 4.69) is 20.6 Å². The van der Waals surface area contributed by atoms with Crippen molar-refractivity contribution < 1.29 is 9.59 Å². The third-order valence-electron chi connectivity index (χ3n) is 6.05. The zero-order valence-electron chi connectivity index (χ0n) is 19.0. The maximum Gasteiger partial charge on any atom is 0.262 e. The van der Waals surface area contributed by atoms with E-state index >= 15 is 0 Å². The standard InChI is InChI=1S/C24H24ClN7O2/c1-13-6-4-7-15(10-13)32-22(30-17-9-5-8-16(25)18(17)24(32)34)14(2)29-21-19-20(26-11-27-21)28-12-31(3)23(19)33/h4-11,14,16,18H,12H2,1-3H3,(H2,26,27,28,29)/t14-,16?,18?/m0/s1. The molecule has 10 heteroatoms. The average Bonchev–Trinajstić information content (AvgIpc) is 2.81. The maximum absolute atomic E-state index is 13.7. The van der Waals surface area contributed by atoms with Gasteiger partial charge in [-0.1, -0.05) is 24.3 Å². The lowest BCUT2D eigenvalue weighted by molar-refractivity contribution is -0.120. The van der Waals surface area contributed by atoms with Crippen molar-refractivity contribution in [3.8, 4) is 0 Å². The first-order chi connectivity index (χ1) is 16.3. The Bertz CT molecular complexity index is 1270. The van der Waals surface area contributed by atoms with E-state index in [0.29, 0.717) is 41.1 Å². The topological polar surface area (TPSA) is 103 Å². The van der Waals surface area contributed by atoms with Gasteiger partial charge in [0.2, 0.25) is 5.91 Å². The number of aromatic nitrogens is 2. The molecule has 5 rings (SSSR count). The summed E-state index contributed by atoms with van der Waals surface area (Å²) in [5.74, 6) is 0.419. The molecule has 1 aromatic heterocycles. The molecule has 0 fully saturated rings. The minimum Gasteiger partial charge on any atom is -0.360 e. The minimum atomic E-state index is -0.575. The summed E-state index contributed by atoms with van der Waals surface area (Å²) in [4.78, 5) is 43.1. The Morgan fingerprint density at radius 3 is 2.88 bits per heavy atom. The Morgan fingerprint density at radius 2 is 2.09 bits per heavy atom. The van der Waals surface area contributed by atoms with Crippen molar-refractivity contribution in [2.75, 3.05) is 29.2 Å². The van der Waals surface area contributed by atoms with Gasteiger partial charge < -0.3 is 15.5 Å². The summed E-state index contributed by atoms with van der Waals surface area (Å²) >= 11 is 6.51. The second-order valence-electron chi connectivity index (χ2n) is 8.53. The lowest BCUT2D eigenvalue weighted by Crippen LogP contribution is -2.53. The van der Waals surface area contributed by atoms with Crippen LogP contribution in [-0.4, -0.2) is 57.7 Å². The van der Waals surface area contributed by atoms with E-state index in [1.165, 1.54) is 6.33 Å². The van der Waals surface area contributed by atoms with Gasteiger partial charge in [0.25, 0.3) is 5.91 Å². The number of anilines is 3. The molecule has 0 spiro atoms. The molecular weight excluding hydrogens is 454 g/mol. The molecule has 0 radical (unpaired) electrons. The summed E-state index contributed by atoms with van der Waals surface area (Å²) in [5, 5.41) is 5.92. The van der Waals surface area contributed by atoms with Crippen LogP contribution in [0.1, 0.15) is 22.8 Å². The van der Waals surface area contributed by atoms with E-state index in [-0.39, 0.29) is 11.8 Å². The van der Waals surface area contributed by atoms with Crippen molar-refractivity contribution in [1.29, 1.82) is 0 Å². The van der Waals surface area contributed by atoms with E-state index in [1.54, 1.807) is 22.9 Å². The molecule has 34 heavy (non-hydrogen) atoms. The third kappa shape index (κ3) is 3.71. The van der Waals surface area contributed by atoms with Crippen molar-refractivity contribution in [1.82, 2.24) is 14.9 Å². The number of benzene rings is 1. The van der Waals surface area contributed by atoms with Gasteiger partial charge in [0.1, 0.15) is 35.3 Å². The summed E-state index contributed by atoms with van der Waals surface area (Å²) in [6.45, 7) is 4.21. The first-order valence-corrected chi connectivity index (χ1v) is 11.4. The molecule has 0 saturated carbocycles. The predicted molar refractivity (Wildman–Crippen MR) is 132 cm³/mol. The molecule has 2 aromatic rings. The largest absolute Gasteiger partial charge is 0.360 e. The van der Waals surface area contributed by atoms with E-state index in [0.717, 1.165) is 5.56 Å². The van der Waals surface area contributed by atoms with Gasteiger partial charge in [0.05, 0.1) is 29.5 Å². The molecule has 1 aromatic carbocycles. The van der Waals surface area contributed by atoms with Crippen molar-refractivity contribution in [2.45, 2.75) is 25.3 Å². The maximum atomic E-state index is 13.7. The monoisotopic (exact) mass is 477 g/mol. The Hall–Kier alpha value is -3.72. The van der Waals surface area contributed by atoms with Crippen LogP contribution < -0.4 is 15.5 Å². The van der Waals surface area contributed by atoms with Crippen LogP contribution in [0.4, 0.5) is 17.3 Å². The molecule has 2 unspecified atom stereocenters. The Kier molecular flexibility index (Phi) is 5.57. The molecule has 2 N–H and O–H groups in total. The highest BCUT2D eigenvalue weighted by molar-refractivity contribution is 6.28. The Morgan fingerprint density at radius 1 is 1.26 bits per heavy atom. The first-order valence-electron chi connectivity index (χ1n) is 11.0. The predicted octanol–water partition coefficient (Wildman–Crippen LogP) is 3.16. The number of alkyl halides is 1. The highest BCUT2D eigenvalue weighted by atomic mass is 35.5. The zero-order chi connectivity index (χ0) is 24.0. The number of amides is 2. The van der Waals surface area contributed by atoms with Crippen LogP contribution in [0.25, 0.3) is 0 Å². The number of carbonyl (C=O) groups is 2. The molecule has 2 amide bonds. The van der Waals surface area contributed by atoms with Crippen LogP contribution in [0.2, 0.25) is 0 Å². The van der Waals surface area contributed by atoms with Crippen LogP contribution in [0, 0.1) is 12.8 Å². The number of carbonyl (C=O) groups excluding carboxylic acids is 2. The summed E-state index contributed by atoms with van der Waals surface area (Å²) in [6, 6.07) is 7.21. The van der Waals surface area contributed by atoms with Crippen molar-refractivity contribution >= 4 is 46.6 Å². The van der Waals surface area contributed by atoms with E-state index in [4.69, 9.17) is 16.6 Å². The highest BCUT2D eigenvalue weighted by Crippen LogP contribution is 2.35. The van der Waals surface area contributed by atoms with E-state index < -0.39 is 17.3 Å². The number of rotatable bonds is 4. The summed E-state index contributed by atoms with van der Waals surface area (Å²) < 4.78 is 0. The number of amidine groups is 1. The van der Waals surface area contributed by atoms with Gasteiger partial charge in [-0.05, 0) is 37.6 Å². The fourth-order valence-electron chi connectivity index (χ4n) is 4.32. The molecule has 1 aliphatic carbocycles. The molecule has 174 valence electrons. The van der Waals surface area contributed by atoms with E-state index in [1.807, 2.05) is 50.3 Å². The number of fused-ring (bicyclic) bond motifs is 2. The lowest BCUT2D eigenvalue weighted by atomic mass is 9.92. The number of nitrogens with one attached hydrogen (secondary N) is 2. The molecule has 0 bridgehead atoms. The van der Waals surface area contributed by atoms with Crippen molar-refractivity contribution in [2.24, 2.45) is 10.9 Å². The van der Waals surface area contributed by atoms with Crippen molar-refractivity contribution in [3.05, 3.63) is 65.6 Å². The van der Waals surface area contributed by atoms with Gasteiger partial charge in [-0.3, -0.25) is 14.5 Å². The third-order valence-corrected chi connectivity index (χ3v) is 6.45. The highest BCUT2D eigenvalue weighted by Gasteiger charge is 2.42. The number of allylic oxidation sites excluding steroid dienone is 3. The van der Waals surface area contributed by atoms with Crippen LogP contribution in [0.5, 0.6) is 0 Å². The molecule has 0 saturated heterocycles. The SMILES string of the molecule is Cc1cccc(N2C(=O)C3C(=CC=CC3Cl)N=C2[C@H](C)Nc2ncnc3c2C(=O)N(C)CN3)c1. The quantitative estimate of drug-likeness (QED) is 0.656. The Balaban J connectivity index is 1.57. The van der Waals surface area contributed by atoms with Gasteiger partial charge in [-0.2, -0.15) is 0 Å². The molecule has 3 heterocycles. The molecule has 3 atom stereocenters. The number of hydrogen-bond acceptors (Lipinski definition) is 7. The first kappa shape index (κ1) is 22.1. The average molecular weight is 478 g/mol. The summed E-state index contributed by atoms with van der Waals surface area (Å²) in [7, 11) is 1.70. The normalized spacial score (nSPS) is 22.4. The fraction of sp³-hybridized carbons (Fsp3) is 0.292. The fourth-order valence-corrected chi connectivity index (χ4v) is 4.64. The number of aliphatic imine (C=N–C) groups is 1. The Labute approximate surface area is 202 Å². The molecular formula is C24H24ClN7O2. The van der Waals surface area contributed by atoms with Gasteiger partial charge in [0.15, 0.2) is 0 Å². The smallest absolute Gasteiger partial charge is 0.262 e. The molecule has 9 nitrogen and oxygen atoms in total. The van der Waals surface area contributed by atoms with Crippen LogP contribution in [-0.2, 0) is 4.79 Å². The zero-order valence-corrected chi connectivity index (χ0v) is 19.7. The summed E-state index contributed by atoms with van der Waals surface area (Å²) in [6.07, 6.45) is 6.83. The molecule has 3 aliphatic rings.